The van der Waals surface area contributed by atoms with Crippen molar-refractivity contribution in [1.29, 1.82) is 0 Å². The number of fused-ring (bicyclic) bond motifs is 1. The summed E-state index contributed by atoms with van der Waals surface area (Å²) in [5.41, 5.74) is 8.40. The third-order valence-corrected chi connectivity index (χ3v) is 7.06. The SMILES string of the molecule is C=CC(NNc1nc(-c2ncccc2C)cc2cccnc12)S(=O)(=O)c1ccc(C(=O)O)cc1. The Morgan fingerprint density at radius 1 is 1.09 bits per heavy atom. The quantitative estimate of drug-likeness (QED) is 0.258. The van der Waals surface area contributed by atoms with Crippen LogP contribution in [0, 0.1) is 6.92 Å². The fraction of sp³-hybridized carbons (Fsp3) is 0.0833. The van der Waals surface area contributed by atoms with Gasteiger partial charge in [0.1, 0.15) is 10.9 Å². The number of pyridine rings is 3. The minimum atomic E-state index is -3.93. The highest BCUT2D eigenvalue weighted by molar-refractivity contribution is 7.92. The van der Waals surface area contributed by atoms with E-state index in [9.17, 15) is 13.2 Å². The molecule has 172 valence electrons. The highest BCUT2D eigenvalue weighted by atomic mass is 32.2. The minimum Gasteiger partial charge on any atom is -0.478 e. The van der Waals surface area contributed by atoms with Crippen LogP contribution in [0.5, 0.6) is 0 Å². The van der Waals surface area contributed by atoms with Crippen LogP contribution in [0.2, 0.25) is 0 Å². The molecule has 3 aromatic heterocycles. The average molecular weight is 476 g/mol. The zero-order valence-corrected chi connectivity index (χ0v) is 19.0. The van der Waals surface area contributed by atoms with E-state index in [0.29, 0.717) is 22.7 Å². The second kappa shape index (κ2) is 9.38. The summed E-state index contributed by atoms with van der Waals surface area (Å²) in [6.45, 7) is 5.56. The molecule has 0 saturated heterocycles. The molecule has 1 atom stereocenters. The summed E-state index contributed by atoms with van der Waals surface area (Å²) in [4.78, 5) is 24.4. The second-order valence-electron chi connectivity index (χ2n) is 7.40. The maximum absolute atomic E-state index is 13.1. The molecule has 0 aliphatic rings. The van der Waals surface area contributed by atoms with Crippen molar-refractivity contribution < 1.29 is 18.3 Å². The standard InChI is InChI=1S/C24H21N5O4S/c1-3-20(34(32,33)18-10-8-16(9-11-18)24(30)31)28-29-23-22-17(7-5-13-26-22)14-19(27-23)21-15(2)6-4-12-25-21/h3-14,20,28H,1H2,2H3,(H,27,29)(H,30,31). The molecule has 3 N–H and O–H groups in total. The van der Waals surface area contributed by atoms with Crippen LogP contribution in [0.25, 0.3) is 22.3 Å². The van der Waals surface area contributed by atoms with Crippen molar-refractivity contribution in [1.82, 2.24) is 20.4 Å². The highest BCUT2D eigenvalue weighted by Gasteiger charge is 2.25. The molecule has 34 heavy (non-hydrogen) atoms. The van der Waals surface area contributed by atoms with E-state index >= 15 is 0 Å². The number of nitrogens with one attached hydrogen (secondary N) is 2. The molecule has 4 rings (SSSR count). The summed E-state index contributed by atoms with van der Waals surface area (Å²) in [6.07, 6.45) is 4.53. The van der Waals surface area contributed by atoms with E-state index in [2.05, 4.69) is 32.4 Å². The molecule has 0 aliphatic carbocycles. The Labute approximate surface area is 196 Å². The molecule has 9 nitrogen and oxygen atoms in total. The molecule has 1 aromatic carbocycles. The first-order valence-electron chi connectivity index (χ1n) is 10.2. The molecule has 0 radical (unpaired) electrons. The van der Waals surface area contributed by atoms with Crippen molar-refractivity contribution in [2.45, 2.75) is 17.2 Å². The van der Waals surface area contributed by atoms with E-state index in [4.69, 9.17) is 5.11 Å². The van der Waals surface area contributed by atoms with Crippen LogP contribution >= 0.6 is 0 Å². The van der Waals surface area contributed by atoms with Crippen LogP contribution in [0.3, 0.4) is 0 Å². The normalized spacial score (nSPS) is 12.3. The van der Waals surface area contributed by atoms with Crippen LogP contribution in [0.1, 0.15) is 15.9 Å². The van der Waals surface area contributed by atoms with Crippen LogP contribution < -0.4 is 10.9 Å². The molecule has 0 fully saturated rings. The lowest BCUT2D eigenvalue weighted by atomic mass is 10.1. The number of benzene rings is 1. The lowest BCUT2D eigenvalue weighted by Gasteiger charge is -2.18. The van der Waals surface area contributed by atoms with Crippen molar-refractivity contribution in [3.05, 3.63) is 90.8 Å². The number of hydrogen-bond acceptors (Lipinski definition) is 8. The number of carbonyl (C=O) groups is 1. The van der Waals surface area contributed by atoms with Crippen molar-refractivity contribution in [3.63, 3.8) is 0 Å². The number of nitrogens with zero attached hydrogens (tertiary/aromatic N) is 3. The van der Waals surface area contributed by atoms with Crippen molar-refractivity contribution in [2.24, 2.45) is 0 Å². The van der Waals surface area contributed by atoms with Gasteiger partial charge in [-0.1, -0.05) is 18.2 Å². The molecule has 0 amide bonds. The topological polar surface area (TPSA) is 134 Å². The second-order valence-corrected chi connectivity index (χ2v) is 9.47. The van der Waals surface area contributed by atoms with Crippen LogP contribution in [-0.2, 0) is 9.84 Å². The van der Waals surface area contributed by atoms with Gasteiger partial charge in [0.05, 0.1) is 21.8 Å². The van der Waals surface area contributed by atoms with E-state index in [0.717, 1.165) is 10.9 Å². The molecule has 10 heteroatoms. The fourth-order valence-corrected chi connectivity index (χ4v) is 4.66. The third kappa shape index (κ3) is 4.49. The molecule has 1 unspecified atom stereocenters. The van der Waals surface area contributed by atoms with Gasteiger partial charge in [-0.25, -0.2) is 23.6 Å². The van der Waals surface area contributed by atoms with Gasteiger partial charge in [0.2, 0.25) is 0 Å². The van der Waals surface area contributed by atoms with Gasteiger partial charge in [0, 0.05) is 17.8 Å². The summed E-state index contributed by atoms with van der Waals surface area (Å²) in [6, 6.07) is 14.3. The number of carboxylic acid groups (broad SMARTS) is 1. The third-order valence-electron chi connectivity index (χ3n) is 5.15. The maximum atomic E-state index is 13.1. The highest BCUT2D eigenvalue weighted by Crippen LogP contribution is 2.27. The number of hydrazine groups is 1. The first kappa shape index (κ1) is 23.0. The molecule has 0 spiro atoms. The van der Waals surface area contributed by atoms with Crippen LogP contribution in [0.15, 0.2) is 84.5 Å². The first-order chi connectivity index (χ1) is 16.3. The van der Waals surface area contributed by atoms with Gasteiger partial charge in [-0.3, -0.25) is 9.97 Å². The summed E-state index contributed by atoms with van der Waals surface area (Å²) in [5, 5.41) is 8.61. The van der Waals surface area contributed by atoms with E-state index in [1.54, 1.807) is 18.5 Å². The summed E-state index contributed by atoms with van der Waals surface area (Å²) in [5.74, 6) is -0.820. The molecule has 0 bridgehead atoms. The largest absolute Gasteiger partial charge is 0.478 e. The molecular weight excluding hydrogens is 454 g/mol. The number of carboxylic acids is 1. The summed E-state index contributed by atoms with van der Waals surface area (Å²) in [7, 11) is -3.93. The van der Waals surface area contributed by atoms with Gasteiger partial charge in [-0.2, -0.15) is 0 Å². The van der Waals surface area contributed by atoms with E-state index in [-0.39, 0.29) is 10.5 Å². The van der Waals surface area contributed by atoms with Gasteiger partial charge in [0.15, 0.2) is 15.7 Å². The van der Waals surface area contributed by atoms with Crippen molar-refractivity contribution in [2.75, 3.05) is 5.43 Å². The van der Waals surface area contributed by atoms with E-state index in [1.165, 1.54) is 30.3 Å². The summed E-state index contributed by atoms with van der Waals surface area (Å²) < 4.78 is 26.2. The number of aryl methyl sites for hydroxylation is 1. The number of aromatic carboxylic acids is 1. The lowest BCUT2D eigenvalue weighted by Crippen LogP contribution is -2.39. The minimum absolute atomic E-state index is 0.0106. The Hall–Kier alpha value is -4.15. The van der Waals surface area contributed by atoms with Gasteiger partial charge >= 0.3 is 5.97 Å². The molecule has 3 heterocycles. The van der Waals surface area contributed by atoms with Crippen molar-refractivity contribution >= 4 is 32.5 Å². The van der Waals surface area contributed by atoms with Gasteiger partial charge in [0.25, 0.3) is 0 Å². The molecule has 0 aliphatic heterocycles. The lowest BCUT2D eigenvalue weighted by molar-refractivity contribution is 0.0696. The number of anilines is 1. The van der Waals surface area contributed by atoms with Gasteiger partial charge < -0.3 is 10.5 Å². The number of hydrogen-bond donors (Lipinski definition) is 3. The predicted octanol–water partition coefficient (Wildman–Crippen LogP) is 3.60. The zero-order chi connectivity index (χ0) is 24.3. The van der Waals surface area contributed by atoms with E-state index in [1.807, 2.05) is 31.2 Å². The molecule has 0 saturated carbocycles. The van der Waals surface area contributed by atoms with Crippen LogP contribution in [-0.4, -0.2) is 39.8 Å². The Kier molecular flexibility index (Phi) is 6.35. The van der Waals surface area contributed by atoms with Gasteiger partial charge in [-0.05, 0) is 55.0 Å². The average Bonchev–Trinajstić information content (AvgIpc) is 2.84. The Bertz CT molecular complexity index is 1490. The Morgan fingerprint density at radius 2 is 1.79 bits per heavy atom. The van der Waals surface area contributed by atoms with Gasteiger partial charge in [-0.15, -0.1) is 6.58 Å². The monoisotopic (exact) mass is 475 g/mol. The predicted molar refractivity (Wildman–Crippen MR) is 129 cm³/mol. The zero-order valence-electron chi connectivity index (χ0n) is 18.1. The maximum Gasteiger partial charge on any atom is 0.335 e. The van der Waals surface area contributed by atoms with Crippen molar-refractivity contribution in [3.8, 4) is 11.4 Å². The smallest absolute Gasteiger partial charge is 0.335 e. The van der Waals surface area contributed by atoms with Crippen LogP contribution in [0.4, 0.5) is 5.82 Å². The fourth-order valence-electron chi connectivity index (χ4n) is 3.38. The molecule has 4 aromatic rings. The Balaban J connectivity index is 1.67. The number of sulfone groups is 1. The summed E-state index contributed by atoms with van der Waals surface area (Å²) >= 11 is 0. The van der Waals surface area contributed by atoms with E-state index < -0.39 is 21.2 Å². The molecular formula is C24H21N5O4S. The Morgan fingerprint density at radius 3 is 2.47 bits per heavy atom. The first-order valence-corrected chi connectivity index (χ1v) is 11.7. The number of aromatic nitrogens is 3. The number of rotatable bonds is 8.